The van der Waals surface area contributed by atoms with Gasteiger partial charge in [0, 0.05) is 26.7 Å². The zero-order chi connectivity index (χ0) is 21.6. The van der Waals surface area contributed by atoms with E-state index in [4.69, 9.17) is 0 Å². The van der Waals surface area contributed by atoms with Gasteiger partial charge in [0.25, 0.3) is 0 Å². The van der Waals surface area contributed by atoms with Gasteiger partial charge in [-0.1, -0.05) is 48.5 Å². The Morgan fingerprint density at radius 2 is 1.70 bits per heavy atom. The predicted octanol–water partition coefficient (Wildman–Crippen LogP) is 1.86. The monoisotopic (exact) mass is 429 g/mol. The highest BCUT2D eigenvalue weighted by Gasteiger charge is 2.33. The molecule has 0 unspecified atom stereocenters. The maximum absolute atomic E-state index is 12.8. The van der Waals surface area contributed by atoms with Gasteiger partial charge in [0.05, 0.1) is 17.4 Å². The highest BCUT2D eigenvalue weighted by Crippen LogP contribution is 2.23. The SMILES string of the molecule is CN(Cc1ccccc1)C(=O)CNC(=O)[C@@H]1CCCN(S(=O)(=O)c2ccccc2)C1. The van der Waals surface area contributed by atoms with Crippen LogP contribution in [0.1, 0.15) is 18.4 Å². The molecule has 0 saturated carbocycles. The van der Waals surface area contributed by atoms with Gasteiger partial charge < -0.3 is 10.2 Å². The van der Waals surface area contributed by atoms with E-state index >= 15 is 0 Å². The average Bonchev–Trinajstić information content (AvgIpc) is 2.78. The molecule has 1 aliphatic rings. The van der Waals surface area contributed by atoms with Gasteiger partial charge in [0.2, 0.25) is 21.8 Å². The molecule has 1 heterocycles. The first-order valence-corrected chi connectivity index (χ1v) is 11.4. The fourth-order valence-electron chi connectivity index (χ4n) is 3.50. The molecule has 0 aromatic heterocycles. The van der Waals surface area contributed by atoms with Crippen LogP contribution in [0.3, 0.4) is 0 Å². The summed E-state index contributed by atoms with van der Waals surface area (Å²) in [5, 5.41) is 2.68. The van der Waals surface area contributed by atoms with Crippen LogP contribution < -0.4 is 5.32 Å². The van der Waals surface area contributed by atoms with Gasteiger partial charge >= 0.3 is 0 Å². The molecule has 7 nitrogen and oxygen atoms in total. The number of benzene rings is 2. The number of hydrogen-bond acceptors (Lipinski definition) is 4. The Hall–Kier alpha value is -2.71. The number of nitrogens with zero attached hydrogens (tertiary/aromatic N) is 2. The molecule has 30 heavy (non-hydrogen) atoms. The van der Waals surface area contributed by atoms with Crippen molar-refractivity contribution in [3.05, 3.63) is 66.2 Å². The molecule has 0 bridgehead atoms. The minimum atomic E-state index is -3.63. The number of hydrogen-bond donors (Lipinski definition) is 1. The Morgan fingerprint density at radius 1 is 1.07 bits per heavy atom. The van der Waals surface area contributed by atoms with E-state index in [0.29, 0.717) is 25.9 Å². The van der Waals surface area contributed by atoms with E-state index in [1.165, 1.54) is 4.31 Å². The second-order valence-electron chi connectivity index (χ2n) is 7.47. The lowest BCUT2D eigenvalue weighted by atomic mass is 9.99. The molecule has 1 aliphatic heterocycles. The molecule has 0 radical (unpaired) electrons. The fourth-order valence-corrected chi connectivity index (χ4v) is 5.05. The van der Waals surface area contributed by atoms with Crippen LogP contribution in [0.25, 0.3) is 0 Å². The van der Waals surface area contributed by atoms with Crippen molar-refractivity contribution in [3.63, 3.8) is 0 Å². The van der Waals surface area contributed by atoms with Crippen LogP contribution in [0, 0.1) is 5.92 Å². The maximum atomic E-state index is 12.8. The highest BCUT2D eigenvalue weighted by atomic mass is 32.2. The fraction of sp³-hybridized carbons (Fsp3) is 0.364. The van der Waals surface area contributed by atoms with Gasteiger partial charge in [-0.25, -0.2) is 8.42 Å². The van der Waals surface area contributed by atoms with Crippen molar-refractivity contribution in [3.8, 4) is 0 Å². The summed E-state index contributed by atoms with van der Waals surface area (Å²) in [5.41, 5.74) is 1.01. The number of carbonyl (C=O) groups is 2. The minimum Gasteiger partial charge on any atom is -0.347 e. The van der Waals surface area contributed by atoms with E-state index < -0.39 is 15.9 Å². The van der Waals surface area contributed by atoms with E-state index in [2.05, 4.69) is 5.32 Å². The van der Waals surface area contributed by atoms with Crippen molar-refractivity contribution in [2.45, 2.75) is 24.3 Å². The zero-order valence-corrected chi connectivity index (χ0v) is 17.8. The van der Waals surface area contributed by atoms with E-state index in [1.807, 2.05) is 30.3 Å². The number of rotatable bonds is 7. The van der Waals surface area contributed by atoms with E-state index in [-0.39, 0.29) is 29.8 Å². The van der Waals surface area contributed by atoms with Gasteiger partial charge in [-0.05, 0) is 30.5 Å². The Balaban J connectivity index is 1.53. The quantitative estimate of drug-likeness (QED) is 0.728. The number of carbonyl (C=O) groups excluding carboxylic acids is 2. The van der Waals surface area contributed by atoms with Crippen LogP contribution >= 0.6 is 0 Å². The molecule has 2 amide bonds. The molecule has 2 aromatic rings. The molecule has 0 spiro atoms. The first-order chi connectivity index (χ1) is 14.4. The van der Waals surface area contributed by atoms with Gasteiger partial charge in [-0.3, -0.25) is 9.59 Å². The summed E-state index contributed by atoms with van der Waals surface area (Å²) >= 11 is 0. The predicted molar refractivity (Wildman–Crippen MR) is 114 cm³/mol. The molecule has 2 aromatic carbocycles. The molecule has 8 heteroatoms. The first kappa shape index (κ1) is 22.0. The van der Waals surface area contributed by atoms with Crippen LogP contribution in [0.2, 0.25) is 0 Å². The van der Waals surface area contributed by atoms with Crippen molar-refractivity contribution in [1.29, 1.82) is 0 Å². The molecule has 1 saturated heterocycles. The zero-order valence-electron chi connectivity index (χ0n) is 17.0. The smallest absolute Gasteiger partial charge is 0.243 e. The minimum absolute atomic E-state index is 0.107. The van der Waals surface area contributed by atoms with E-state index in [0.717, 1.165) is 5.56 Å². The van der Waals surface area contributed by atoms with Crippen LogP contribution in [-0.2, 0) is 26.2 Å². The lowest BCUT2D eigenvalue weighted by Gasteiger charge is -2.31. The van der Waals surface area contributed by atoms with Gasteiger partial charge in [0.15, 0.2) is 0 Å². The summed E-state index contributed by atoms with van der Waals surface area (Å²) in [6, 6.07) is 17.8. The van der Waals surface area contributed by atoms with E-state index in [1.54, 1.807) is 42.3 Å². The Morgan fingerprint density at radius 3 is 2.37 bits per heavy atom. The Labute approximate surface area is 177 Å². The van der Waals surface area contributed by atoms with Crippen LogP contribution in [0.15, 0.2) is 65.6 Å². The molecular formula is C22H27N3O4S. The summed E-state index contributed by atoms with van der Waals surface area (Å²) in [5.74, 6) is -0.953. The maximum Gasteiger partial charge on any atom is 0.243 e. The van der Waals surface area contributed by atoms with Crippen molar-refractivity contribution in [2.24, 2.45) is 5.92 Å². The normalized spacial score (nSPS) is 17.3. The van der Waals surface area contributed by atoms with Crippen LogP contribution in [0.5, 0.6) is 0 Å². The van der Waals surface area contributed by atoms with Crippen molar-refractivity contribution in [2.75, 3.05) is 26.7 Å². The number of amides is 2. The molecule has 1 atom stereocenters. The summed E-state index contributed by atoms with van der Waals surface area (Å²) in [4.78, 5) is 26.7. The Kier molecular flexibility index (Phi) is 7.23. The molecule has 1 fully saturated rings. The number of sulfonamides is 1. The summed E-state index contributed by atoms with van der Waals surface area (Å²) < 4.78 is 27.0. The topological polar surface area (TPSA) is 86.8 Å². The third kappa shape index (κ3) is 5.46. The number of piperidine rings is 1. The lowest BCUT2D eigenvalue weighted by Crippen LogP contribution is -2.47. The molecule has 160 valence electrons. The summed E-state index contributed by atoms with van der Waals surface area (Å²) in [6.07, 6.45) is 1.20. The van der Waals surface area contributed by atoms with Gasteiger partial charge in [0.1, 0.15) is 0 Å². The lowest BCUT2D eigenvalue weighted by molar-refractivity contribution is -0.133. The van der Waals surface area contributed by atoms with Gasteiger partial charge in [-0.2, -0.15) is 4.31 Å². The molecule has 0 aliphatic carbocycles. The summed E-state index contributed by atoms with van der Waals surface area (Å²) in [7, 11) is -1.94. The van der Waals surface area contributed by atoms with Crippen molar-refractivity contribution < 1.29 is 18.0 Å². The largest absolute Gasteiger partial charge is 0.347 e. The molecular weight excluding hydrogens is 402 g/mol. The van der Waals surface area contributed by atoms with Crippen molar-refractivity contribution in [1.82, 2.24) is 14.5 Å². The third-order valence-corrected chi connectivity index (χ3v) is 7.12. The van der Waals surface area contributed by atoms with E-state index in [9.17, 15) is 18.0 Å². The van der Waals surface area contributed by atoms with Crippen molar-refractivity contribution >= 4 is 21.8 Å². The Bertz CT molecular complexity index is 964. The van der Waals surface area contributed by atoms with Crippen LogP contribution in [-0.4, -0.2) is 56.1 Å². The second kappa shape index (κ2) is 9.86. The standard InChI is InChI=1S/C22H27N3O4S/c1-24(16-18-9-4-2-5-10-18)21(26)15-23-22(27)19-11-8-14-25(17-19)30(28,29)20-12-6-3-7-13-20/h2-7,9-10,12-13,19H,8,11,14-17H2,1H3,(H,23,27)/t19-/m1/s1. The summed E-state index contributed by atoms with van der Waals surface area (Å²) in [6.45, 7) is 0.864. The molecule has 1 N–H and O–H groups in total. The first-order valence-electron chi connectivity index (χ1n) is 9.98. The number of likely N-dealkylation sites (N-methyl/N-ethyl adjacent to an activating group) is 1. The highest BCUT2D eigenvalue weighted by molar-refractivity contribution is 7.89. The molecule has 3 rings (SSSR count). The van der Waals surface area contributed by atoms with Crippen LogP contribution in [0.4, 0.5) is 0 Å². The number of nitrogens with one attached hydrogen (secondary N) is 1. The van der Waals surface area contributed by atoms with Gasteiger partial charge in [-0.15, -0.1) is 0 Å². The third-order valence-electron chi connectivity index (χ3n) is 5.24. The second-order valence-corrected chi connectivity index (χ2v) is 9.41. The average molecular weight is 430 g/mol.